The second-order valence-electron chi connectivity index (χ2n) is 3.32. The summed E-state index contributed by atoms with van der Waals surface area (Å²) in [5.74, 6) is -1.51. The maximum Gasteiger partial charge on any atom is 0.416 e. The number of halogens is 3. The fourth-order valence-corrected chi connectivity index (χ4v) is 1.56. The SMILES string of the molecule is O=C1NN=CC1c1ccccc1C(F)(F)F. The summed E-state index contributed by atoms with van der Waals surface area (Å²) in [6.07, 6.45) is -3.29. The van der Waals surface area contributed by atoms with Crippen molar-refractivity contribution in [3.63, 3.8) is 0 Å². The zero-order valence-corrected chi connectivity index (χ0v) is 7.95. The molecule has 1 aromatic rings. The quantitative estimate of drug-likeness (QED) is 0.783. The largest absolute Gasteiger partial charge is 0.416 e. The molecule has 1 heterocycles. The highest BCUT2D eigenvalue weighted by molar-refractivity contribution is 6.02. The van der Waals surface area contributed by atoms with Gasteiger partial charge in [-0.2, -0.15) is 18.3 Å². The minimum Gasteiger partial charge on any atom is -0.272 e. The van der Waals surface area contributed by atoms with Gasteiger partial charge in [-0.1, -0.05) is 18.2 Å². The molecule has 3 nitrogen and oxygen atoms in total. The Morgan fingerprint density at radius 2 is 1.94 bits per heavy atom. The van der Waals surface area contributed by atoms with Crippen molar-refractivity contribution < 1.29 is 18.0 Å². The Bertz CT molecular complexity index is 454. The molecule has 0 saturated heterocycles. The highest BCUT2D eigenvalue weighted by Gasteiger charge is 2.37. The number of hydrogen-bond donors (Lipinski definition) is 1. The summed E-state index contributed by atoms with van der Waals surface area (Å²) < 4.78 is 38.0. The predicted molar refractivity (Wildman–Crippen MR) is 50.8 cm³/mol. The van der Waals surface area contributed by atoms with E-state index in [0.29, 0.717) is 0 Å². The van der Waals surface area contributed by atoms with Crippen LogP contribution >= 0.6 is 0 Å². The van der Waals surface area contributed by atoms with Gasteiger partial charge in [0, 0.05) is 6.21 Å². The van der Waals surface area contributed by atoms with Crippen molar-refractivity contribution >= 4 is 12.1 Å². The van der Waals surface area contributed by atoms with Crippen molar-refractivity contribution in [1.82, 2.24) is 5.43 Å². The molecule has 1 N–H and O–H groups in total. The van der Waals surface area contributed by atoms with Crippen molar-refractivity contribution in [2.75, 3.05) is 0 Å². The van der Waals surface area contributed by atoms with E-state index >= 15 is 0 Å². The summed E-state index contributed by atoms with van der Waals surface area (Å²) in [6.45, 7) is 0. The van der Waals surface area contributed by atoms with Gasteiger partial charge in [-0.25, -0.2) is 5.43 Å². The second kappa shape index (κ2) is 3.62. The van der Waals surface area contributed by atoms with Gasteiger partial charge in [0.1, 0.15) is 5.92 Å². The lowest BCUT2D eigenvalue weighted by Gasteiger charge is -2.14. The molecule has 0 aliphatic carbocycles. The Balaban J connectivity index is 2.48. The van der Waals surface area contributed by atoms with Gasteiger partial charge in [-0.15, -0.1) is 0 Å². The van der Waals surface area contributed by atoms with Crippen LogP contribution in [0.1, 0.15) is 17.0 Å². The standard InChI is InChI=1S/C10H7F3N2O/c11-10(12,13)8-4-2-1-3-6(8)7-5-14-15-9(7)16/h1-5,7H,(H,15,16). The molecule has 0 fully saturated rings. The summed E-state index contributed by atoms with van der Waals surface area (Å²) in [7, 11) is 0. The smallest absolute Gasteiger partial charge is 0.272 e. The van der Waals surface area contributed by atoms with E-state index in [9.17, 15) is 18.0 Å². The Labute approximate surface area is 89.0 Å². The molecular formula is C10H7F3N2O. The molecule has 0 saturated carbocycles. The lowest BCUT2D eigenvalue weighted by atomic mass is 9.95. The zero-order chi connectivity index (χ0) is 11.8. The molecule has 1 amide bonds. The van der Waals surface area contributed by atoms with Crippen molar-refractivity contribution in [3.8, 4) is 0 Å². The maximum absolute atomic E-state index is 12.7. The van der Waals surface area contributed by atoms with Crippen LogP contribution < -0.4 is 5.43 Å². The van der Waals surface area contributed by atoms with Gasteiger partial charge in [0.15, 0.2) is 0 Å². The number of nitrogens with zero attached hydrogens (tertiary/aromatic N) is 1. The monoisotopic (exact) mass is 228 g/mol. The van der Waals surface area contributed by atoms with Crippen LogP contribution in [0, 0.1) is 0 Å². The number of amides is 1. The van der Waals surface area contributed by atoms with Crippen LogP contribution in [0.3, 0.4) is 0 Å². The number of hydrogen-bond acceptors (Lipinski definition) is 2. The zero-order valence-electron chi connectivity index (χ0n) is 7.95. The molecule has 84 valence electrons. The first kappa shape index (κ1) is 10.7. The molecule has 1 aliphatic heterocycles. The summed E-state index contributed by atoms with van der Waals surface area (Å²) in [5.41, 5.74) is 1.23. The van der Waals surface area contributed by atoms with Crippen molar-refractivity contribution in [2.24, 2.45) is 5.10 Å². The summed E-state index contributed by atoms with van der Waals surface area (Å²) in [6, 6.07) is 4.99. The Morgan fingerprint density at radius 3 is 2.50 bits per heavy atom. The fraction of sp³-hybridized carbons (Fsp3) is 0.200. The number of carbonyl (C=O) groups excluding carboxylic acids is 1. The molecular weight excluding hydrogens is 221 g/mol. The molecule has 16 heavy (non-hydrogen) atoms. The highest BCUT2D eigenvalue weighted by Crippen LogP contribution is 2.35. The van der Waals surface area contributed by atoms with Gasteiger partial charge in [0.25, 0.3) is 5.91 Å². The average molecular weight is 228 g/mol. The van der Waals surface area contributed by atoms with E-state index in [1.165, 1.54) is 24.4 Å². The van der Waals surface area contributed by atoms with E-state index in [1.807, 2.05) is 0 Å². The van der Waals surface area contributed by atoms with Crippen LogP contribution in [-0.2, 0) is 11.0 Å². The maximum atomic E-state index is 12.7. The van der Waals surface area contributed by atoms with Crippen LogP contribution in [0.2, 0.25) is 0 Å². The first-order chi connectivity index (χ1) is 7.50. The summed E-state index contributed by atoms with van der Waals surface area (Å²) in [4.78, 5) is 11.3. The molecule has 1 aromatic carbocycles. The molecule has 1 unspecified atom stereocenters. The number of rotatable bonds is 1. The third-order valence-electron chi connectivity index (χ3n) is 2.28. The fourth-order valence-electron chi connectivity index (χ4n) is 1.56. The van der Waals surface area contributed by atoms with Gasteiger partial charge in [0.05, 0.1) is 5.56 Å². The number of hydrazone groups is 1. The predicted octanol–water partition coefficient (Wildman–Crippen LogP) is 1.90. The first-order valence-corrected chi connectivity index (χ1v) is 4.49. The van der Waals surface area contributed by atoms with E-state index in [-0.39, 0.29) is 5.56 Å². The lowest BCUT2D eigenvalue weighted by Crippen LogP contribution is -2.21. The Kier molecular flexibility index (Phi) is 2.41. The minimum atomic E-state index is -4.46. The van der Waals surface area contributed by atoms with E-state index in [0.717, 1.165) is 6.07 Å². The Hall–Kier alpha value is -1.85. The summed E-state index contributed by atoms with van der Waals surface area (Å²) >= 11 is 0. The van der Waals surface area contributed by atoms with Crippen LogP contribution in [0.4, 0.5) is 13.2 Å². The third-order valence-corrected chi connectivity index (χ3v) is 2.28. The molecule has 0 radical (unpaired) electrons. The molecule has 1 atom stereocenters. The van der Waals surface area contributed by atoms with Gasteiger partial charge in [0.2, 0.25) is 0 Å². The van der Waals surface area contributed by atoms with E-state index in [1.54, 1.807) is 0 Å². The number of carbonyl (C=O) groups is 1. The molecule has 1 aliphatic rings. The topological polar surface area (TPSA) is 41.5 Å². The van der Waals surface area contributed by atoms with Crippen LogP contribution in [0.5, 0.6) is 0 Å². The molecule has 2 rings (SSSR count). The number of benzene rings is 1. The van der Waals surface area contributed by atoms with Crippen molar-refractivity contribution in [2.45, 2.75) is 12.1 Å². The summed E-state index contributed by atoms with van der Waals surface area (Å²) in [5, 5.41) is 3.45. The van der Waals surface area contributed by atoms with Crippen molar-refractivity contribution in [3.05, 3.63) is 35.4 Å². The van der Waals surface area contributed by atoms with Gasteiger partial charge in [-0.3, -0.25) is 4.79 Å². The van der Waals surface area contributed by atoms with Gasteiger partial charge < -0.3 is 0 Å². The lowest BCUT2D eigenvalue weighted by molar-refractivity contribution is -0.138. The molecule has 0 spiro atoms. The minimum absolute atomic E-state index is 0.0752. The normalized spacial score (nSPS) is 19.9. The highest BCUT2D eigenvalue weighted by atomic mass is 19.4. The van der Waals surface area contributed by atoms with Crippen molar-refractivity contribution in [1.29, 1.82) is 0 Å². The third kappa shape index (κ3) is 1.78. The number of nitrogens with one attached hydrogen (secondary N) is 1. The molecule has 0 aromatic heterocycles. The van der Waals surface area contributed by atoms with Gasteiger partial charge in [-0.05, 0) is 11.6 Å². The molecule has 6 heteroatoms. The van der Waals surface area contributed by atoms with Crippen LogP contribution in [-0.4, -0.2) is 12.1 Å². The van der Waals surface area contributed by atoms with Crippen LogP contribution in [0.15, 0.2) is 29.4 Å². The van der Waals surface area contributed by atoms with Gasteiger partial charge >= 0.3 is 6.18 Å². The van der Waals surface area contributed by atoms with Crippen LogP contribution in [0.25, 0.3) is 0 Å². The average Bonchev–Trinajstić information content (AvgIpc) is 2.63. The first-order valence-electron chi connectivity index (χ1n) is 4.49. The van der Waals surface area contributed by atoms with E-state index in [4.69, 9.17) is 0 Å². The van der Waals surface area contributed by atoms with E-state index < -0.39 is 23.6 Å². The van der Waals surface area contributed by atoms with E-state index in [2.05, 4.69) is 10.5 Å². The molecule has 0 bridgehead atoms. The second-order valence-corrected chi connectivity index (χ2v) is 3.32. The Morgan fingerprint density at radius 1 is 1.25 bits per heavy atom. The number of alkyl halides is 3.